The monoisotopic (exact) mass is 329 g/mol. The Hall–Kier alpha value is -0.820. The topological polar surface area (TPSA) is 59.2 Å². The number of likely N-dealkylation sites (tertiary alicyclic amines) is 1. The van der Waals surface area contributed by atoms with Gasteiger partial charge < -0.3 is 10.6 Å². The van der Waals surface area contributed by atoms with Gasteiger partial charge in [0.2, 0.25) is 5.91 Å². The van der Waals surface area contributed by atoms with E-state index in [1.165, 1.54) is 16.5 Å². The van der Waals surface area contributed by atoms with Crippen molar-refractivity contribution in [2.75, 3.05) is 18.8 Å². The zero-order valence-corrected chi connectivity index (χ0v) is 13.3. The second-order valence-electron chi connectivity index (χ2n) is 4.62. The molecule has 1 fully saturated rings. The van der Waals surface area contributed by atoms with Gasteiger partial charge in [-0.05, 0) is 18.6 Å². The van der Waals surface area contributed by atoms with Crippen molar-refractivity contribution in [2.45, 2.75) is 16.8 Å². The number of rotatable bonds is 3. The molecule has 0 unspecified atom stereocenters. The molecule has 7 heteroatoms. The normalized spacial score (nSPS) is 18.2. The minimum Gasteiger partial charge on any atom is -0.340 e. The summed E-state index contributed by atoms with van der Waals surface area (Å²) in [5, 5.41) is 0. The maximum absolute atomic E-state index is 12.0. The van der Waals surface area contributed by atoms with E-state index in [0.29, 0.717) is 12.3 Å². The predicted octanol–water partition coefficient (Wildman–Crippen LogP) is 2.37. The van der Waals surface area contributed by atoms with Crippen LogP contribution in [0.4, 0.5) is 0 Å². The van der Waals surface area contributed by atoms with Crippen molar-refractivity contribution in [2.24, 2.45) is 5.73 Å². The highest BCUT2D eigenvalue weighted by atomic mass is 35.5. The van der Waals surface area contributed by atoms with E-state index in [4.69, 9.17) is 5.73 Å². The molecule has 1 aliphatic rings. The molecule has 1 aromatic heterocycles. The van der Waals surface area contributed by atoms with Crippen molar-refractivity contribution in [1.29, 1.82) is 0 Å². The number of hydrogen-bond donors (Lipinski definition) is 1. The summed E-state index contributed by atoms with van der Waals surface area (Å²) in [6, 6.07) is 8.19. The average molecular weight is 330 g/mol. The third kappa shape index (κ3) is 3.44. The number of nitrogens with zero attached hydrogens (tertiary/aromatic N) is 2. The summed E-state index contributed by atoms with van der Waals surface area (Å²) >= 11 is 3.16. The molecule has 0 aliphatic carbocycles. The van der Waals surface area contributed by atoms with E-state index < -0.39 is 0 Å². The Morgan fingerprint density at radius 3 is 3.00 bits per heavy atom. The number of carbonyl (C=O) groups is 1. The first-order valence-electron chi connectivity index (χ1n) is 6.24. The number of para-hydroxylation sites is 1. The van der Waals surface area contributed by atoms with Crippen molar-refractivity contribution < 1.29 is 4.79 Å². The van der Waals surface area contributed by atoms with Crippen LogP contribution in [0.25, 0.3) is 10.2 Å². The Morgan fingerprint density at radius 1 is 1.50 bits per heavy atom. The van der Waals surface area contributed by atoms with E-state index in [1.54, 1.807) is 11.3 Å². The third-order valence-electron chi connectivity index (χ3n) is 3.17. The fourth-order valence-corrected chi connectivity index (χ4v) is 4.11. The Bertz CT molecular complexity index is 571. The zero-order valence-electron chi connectivity index (χ0n) is 10.8. The number of halogens is 1. The molecular formula is C13H16ClN3OS2. The average Bonchev–Trinajstić information content (AvgIpc) is 3.01. The minimum atomic E-state index is 0. The summed E-state index contributed by atoms with van der Waals surface area (Å²) in [5.41, 5.74) is 6.82. The molecule has 1 amide bonds. The van der Waals surface area contributed by atoms with E-state index >= 15 is 0 Å². The van der Waals surface area contributed by atoms with Gasteiger partial charge in [-0.3, -0.25) is 4.79 Å². The Kier molecular flexibility index (Phi) is 5.26. The van der Waals surface area contributed by atoms with Crippen LogP contribution in [-0.4, -0.2) is 40.7 Å². The molecule has 0 bridgehead atoms. The molecule has 20 heavy (non-hydrogen) atoms. The lowest BCUT2D eigenvalue weighted by Gasteiger charge is -2.14. The van der Waals surface area contributed by atoms with Crippen LogP contribution >= 0.6 is 35.5 Å². The summed E-state index contributed by atoms with van der Waals surface area (Å²) in [4.78, 5) is 18.4. The molecule has 3 rings (SSSR count). The highest BCUT2D eigenvalue weighted by Crippen LogP contribution is 2.29. The predicted molar refractivity (Wildman–Crippen MR) is 86.8 cm³/mol. The van der Waals surface area contributed by atoms with E-state index in [1.807, 2.05) is 23.1 Å². The number of amides is 1. The molecule has 1 aliphatic heterocycles. The molecule has 1 saturated heterocycles. The van der Waals surface area contributed by atoms with Crippen LogP contribution < -0.4 is 5.73 Å². The van der Waals surface area contributed by atoms with Crippen molar-refractivity contribution in [3.8, 4) is 0 Å². The largest absolute Gasteiger partial charge is 0.340 e. The summed E-state index contributed by atoms with van der Waals surface area (Å²) in [7, 11) is 0. The first-order chi connectivity index (χ1) is 9.22. The van der Waals surface area contributed by atoms with Gasteiger partial charge in [0, 0.05) is 19.1 Å². The van der Waals surface area contributed by atoms with Crippen LogP contribution in [0.2, 0.25) is 0 Å². The fraction of sp³-hybridized carbons (Fsp3) is 0.385. The van der Waals surface area contributed by atoms with E-state index in [0.717, 1.165) is 22.8 Å². The van der Waals surface area contributed by atoms with E-state index in [9.17, 15) is 4.79 Å². The summed E-state index contributed by atoms with van der Waals surface area (Å²) in [6.07, 6.45) is 0.914. The lowest BCUT2D eigenvalue weighted by molar-refractivity contribution is -0.127. The fourth-order valence-electron chi connectivity index (χ4n) is 2.14. The molecule has 108 valence electrons. The van der Waals surface area contributed by atoms with Crippen LogP contribution in [-0.2, 0) is 4.79 Å². The van der Waals surface area contributed by atoms with Crippen molar-refractivity contribution >= 4 is 51.6 Å². The van der Waals surface area contributed by atoms with Crippen LogP contribution in [0.3, 0.4) is 0 Å². The molecule has 1 atom stereocenters. The lowest BCUT2D eigenvalue weighted by Crippen LogP contribution is -2.33. The van der Waals surface area contributed by atoms with Gasteiger partial charge in [-0.25, -0.2) is 4.98 Å². The molecule has 0 radical (unpaired) electrons. The van der Waals surface area contributed by atoms with E-state index in [-0.39, 0.29) is 24.4 Å². The number of nitrogens with two attached hydrogens (primary N) is 1. The minimum absolute atomic E-state index is 0. The lowest BCUT2D eigenvalue weighted by atomic mass is 10.3. The number of carbonyl (C=O) groups excluding carboxylic acids is 1. The van der Waals surface area contributed by atoms with Crippen LogP contribution in [0.5, 0.6) is 0 Å². The Morgan fingerprint density at radius 2 is 2.30 bits per heavy atom. The SMILES string of the molecule is Cl.N[C@@H]1CCN(C(=O)CSc2nc3ccccc3s2)C1. The standard InChI is InChI=1S/C13H15N3OS2.ClH/c14-9-5-6-16(7-9)12(17)8-18-13-15-10-3-1-2-4-11(10)19-13;/h1-4,9H,5-8,14H2;1H/t9-;/m1./s1. The van der Waals surface area contributed by atoms with Gasteiger partial charge in [-0.15, -0.1) is 23.7 Å². The zero-order chi connectivity index (χ0) is 13.2. The molecule has 1 aromatic carbocycles. The second kappa shape index (κ2) is 6.76. The number of thiazole rings is 1. The number of fused-ring (bicyclic) bond motifs is 1. The number of hydrogen-bond acceptors (Lipinski definition) is 5. The van der Waals surface area contributed by atoms with Gasteiger partial charge >= 0.3 is 0 Å². The number of aromatic nitrogens is 1. The van der Waals surface area contributed by atoms with Crippen LogP contribution in [0.15, 0.2) is 28.6 Å². The highest BCUT2D eigenvalue weighted by Gasteiger charge is 2.23. The van der Waals surface area contributed by atoms with Gasteiger partial charge in [0.25, 0.3) is 0 Å². The van der Waals surface area contributed by atoms with Crippen LogP contribution in [0, 0.1) is 0 Å². The molecule has 4 nitrogen and oxygen atoms in total. The van der Waals surface area contributed by atoms with Gasteiger partial charge in [0.15, 0.2) is 4.34 Å². The summed E-state index contributed by atoms with van der Waals surface area (Å²) in [5.74, 6) is 0.615. The smallest absolute Gasteiger partial charge is 0.233 e. The summed E-state index contributed by atoms with van der Waals surface area (Å²) < 4.78 is 2.12. The first-order valence-corrected chi connectivity index (χ1v) is 8.04. The van der Waals surface area contributed by atoms with Crippen molar-refractivity contribution in [3.63, 3.8) is 0 Å². The number of thioether (sulfide) groups is 1. The number of benzene rings is 1. The maximum atomic E-state index is 12.0. The summed E-state index contributed by atoms with van der Waals surface area (Å²) in [6.45, 7) is 1.49. The molecule has 2 aromatic rings. The van der Waals surface area contributed by atoms with Gasteiger partial charge in [-0.1, -0.05) is 23.9 Å². The van der Waals surface area contributed by atoms with Crippen molar-refractivity contribution in [1.82, 2.24) is 9.88 Å². The molecule has 2 N–H and O–H groups in total. The molecule has 2 heterocycles. The second-order valence-corrected chi connectivity index (χ2v) is 6.88. The Balaban J connectivity index is 0.00000147. The Labute approximate surface area is 132 Å². The van der Waals surface area contributed by atoms with Gasteiger partial charge in [0.1, 0.15) is 0 Å². The van der Waals surface area contributed by atoms with Crippen LogP contribution in [0.1, 0.15) is 6.42 Å². The van der Waals surface area contributed by atoms with Gasteiger partial charge in [-0.2, -0.15) is 0 Å². The first kappa shape index (κ1) is 15.6. The molecule has 0 spiro atoms. The third-order valence-corrected chi connectivity index (χ3v) is 5.33. The molecule has 0 saturated carbocycles. The van der Waals surface area contributed by atoms with E-state index in [2.05, 4.69) is 11.1 Å². The molecular weight excluding hydrogens is 314 g/mol. The quantitative estimate of drug-likeness (QED) is 0.878. The maximum Gasteiger partial charge on any atom is 0.233 e. The highest BCUT2D eigenvalue weighted by molar-refractivity contribution is 8.01. The van der Waals surface area contributed by atoms with Crippen molar-refractivity contribution in [3.05, 3.63) is 24.3 Å². The van der Waals surface area contributed by atoms with Gasteiger partial charge in [0.05, 0.1) is 16.0 Å².